The Kier molecular flexibility index (Phi) is 4.06. The summed E-state index contributed by atoms with van der Waals surface area (Å²) < 4.78 is 10.1. The minimum Gasteiger partial charge on any atom is -0.465 e. The SMILES string of the molecule is COC(=O)c1cc(CNc2ccc(Cl)nc2)oc1C. The van der Waals surface area contributed by atoms with Crippen molar-refractivity contribution in [1.82, 2.24) is 4.98 Å². The van der Waals surface area contributed by atoms with Crippen LogP contribution in [0.1, 0.15) is 21.9 Å². The molecule has 0 bridgehead atoms. The Labute approximate surface area is 115 Å². The molecule has 0 aliphatic heterocycles. The molecule has 0 amide bonds. The highest BCUT2D eigenvalue weighted by Gasteiger charge is 2.14. The van der Waals surface area contributed by atoms with Gasteiger partial charge in [0, 0.05) is 0 Å². The third-order valence-corrected chi connectivity index (χ3v) is 2.79. The summed E-state index contributed by atoms with van der Waals surface area (Å²) in [7, 11) is 1.34. The van der Waals surface area contributed by atoms with Crippen molar-refractivity contribution in [2.45, 2.75) is 13.5 Å². The molecule has 0 fully saturated rings. The summed E-state index contributed by atoms with van der Waals surface area (Å²) in [5.41, 5.74) is 1.26. The van der Waals surface area contributed by atoms with E-state index in [2.05, 4.69) is 15.0 Å². The van der Waals surface area contributed by atoms with E-state index in [1.165, 1.54) is 7.11 Å². The Morgan fingerprint density at radius 1 is 1.53 bits per heavy atom. The minimum absolute atomic E-state index is 0.402. The fourth-order valence-corrected chi connectivity index (χ4v) is 1.72. The lowest BCUT2D eigenvalue weighted by atomic mass is 10.2. The van der Waals surface area contributed by atoms with E-state index in [0.29, 0.717) is 28.8 Å². The zero-order chi connectivity index (χ0) is 13.8. The summed E-state index contributed by atoms with van der Waals surface area (Å²) in [6, 6.07) is 5.17. The Morgan fingerprint density at radius 2 is 2.32 bits per heavy atom. The summed E-state index contributed by atoms with van der Waals surface area (Å²) in [6.07, 6.45) is 1.62. The number of esters is 1. The molecule has 0 saturated heterocycles. The van der Waals surface area contributed by atoms with Gasteiger partial charge in [0.2, 0.25) is 0 Å². The molecule has 19 heavy (non-hydrogen) atoms. The van der Waals surface area contributed by atoms with Crippen molar-refractivity contribution < 1.29 is 13.9 Å². The lowest BCUT2D eigenvalue weighted by molar-refractivity contribution is 0.0599. The van der Waals surface area contributed by atoms with Crippen LogP contribution in [0.15, 0.2) is 28.8 Å². The molecule has 2 rings (SSSR count). The highest BCUT2D eigenvalue weighted by molar-refractivity contribution is 6.29. The number of carbonyl (C=O) groups excluding carboxylic acids is 1. The van der Waals surface area contributed by atoms with Gasteiger partial charge in [-0.05, 0) is 25.1 Å². The number of nitrogens with zero attached hydrogens (tertiary/aromatic N) is 1. The highest BCUT2D eigenvalue weighted by atomic mass is 35.5. The molecule has 2 aromatic heterocycles. The first-order chi connectivity index (χ1) is 9.10. The van der Waals surface area contributed by atoms with E-state index in [0.717, 1.165) is 5.69 Å². The van der Waals surface area contributed by atoms with Gasteiger partial charge in [0.1, 0.15) is 22.2 Å². The molecule has 0 aliphatic rings. The lowest BCUT2D eigenvalue weighted by Crippen LogP contribution is -2.01. The van der Waals surface area contributed by atoms with Gasteiger partial charge in [0.15, 0.2) is 0 Å². The van der Waals surface area contributed by atoms with E-state index in [4.69, 9.17) is 16.0 Å². The second kappa shape index (κ2) is 5.75. The van der Waals surface area contributed by atoms with E-state index in [1.54, 1.807) is 25.3 Å². The second-order valence-electron chi connectivity index (χ2n) is 3.90. The molecule has 100 valence electrons. The second-order valence-corrected chi connectivity index (χ2v) is 4.28. The first-order valence-electron chi connectivity index (χ1n) is 5.63. The number of furan rings is 1. The number of anilines is 1. The first-order valence-corrected chi connectivity index (χ1v) is 6.01. The lowest BCUT2D eigenvalue weighted by Gasteiger charge is -2.03. The Balaban J connectivity index is 2.04. The third-order valence-electron chi connectivity index (χ3n) is 2.57. The average Bonchev–Trinajstić information content (AvgIpc) is 2.78. The van der Waals surface area contributed by atoms with Crippen molar-refractivity contribution in [3.63, 3.8) is 0 Å². The van der Waals surface area contributed by atoms with Crippen molar-refractivity contribution >= 4 is 23.3 Å². The van der Waals surface area contributed by atoms with Crippen LogP contribution < -0.4 is 5.32 Å². The molecule has 0 spiro atoms. The van der Waals surface area contributed by atoms with Gasteiger partial charge in [-0.3, -0.25) is 0 Å². The van der Waals surface area contributed by atoms with Crippen molar-refractivity contribution in [2.75, 3.05) is 12.4 Å². The Morgan fingerprint density at radius 3 is 2.95 bits per heavy atom. The Hall–Kier alpha value is -2.01. The Bertz CT molecular complexity index is 578. The molecule has 0 atom stereocenters. The largest absolute Gasteiger partial charge is 0.465 e. The number of hydrogen-bond donors (Lipinski definition) is 1. The summed E-state index contributed by atoms with van der Waals surface area (Å²) in [6.45, 7) is 2.17. The third kappa shape index (κ3) is 3.26. The van der Waals surface area contributed by atoms with Crippen molar-refractivity contribution in [3.05, 3.63) is 46.6 Å². The van der Waals surface area contributed by atoms with Crippen LogP contribution in [0.5, 0.6) is 0 Å². The number of rotatable bonds is 4. The standard InChI is InChI=1S/C13H13ClN2O3/c1-8-11(13(17)18-2)5-10(19-8)7-15-9-3-4-12(14)16-6-9/h3-6,15H,7H2,1-2H3. The van der Waals surface area contributed by atoms with Gasteiger partial charge >= 0.3 is 5.97 Å². The quantitative estimate of drug-likeness (QED) is 0.689. The van der Waals surface area contributed by atoms with E-state index in [9.17, 15) is 4.79 Å². The van der Waals surface area contributed by atoms with Crippen LogP contribution in [0.25, 0.3) is 0 Å². The van der Waals surface area contributed by atoms with Gasteiger partial charge < -0.3 is 14.5 Å². The predicted octanol–water partition coefficient (Wildman–Crippen LogP) is 3.04. The highest BCUT2D eigenvalue weighted by Crippen LogP contribution is 2.17. The molecule has 0 unspecified atom stereocenters. The summed E-state index contributed by atoms with van der Waals surface area (Å²) in [4.78, 5) is 15.4. The normalized spacial score (nSPS) is 10.3. The van der Waals surface area contributed by atoms with Gasteiger partial charge in [-0.25, -0.2) is 9.78 Å². The number of aromatic nitrogens is 1. The molecular formula is C13H13ClN2O3. The van der Waals surface area contributed by atoms with Crippen LogP contribution in [0.3, 0.4) is 0 Å². The predicted molar refractivity (Wildman–Crippen MR) is 71.4 cm³/mol. The van der Waals surface area contributed by atoms with Crippen molar-refractivity contribution in [2.24, 2.45) is 0 Å². The number of carbonyl (C=O) groups is 1. The van der Waals surface area contributed by atoms with Crippen molar-refractivity contribution in [3.8, 4) is 0 Å². The summed E-state index contributed by atoms with van der Waals surface area (Å²) in [5, 5.41) is 3.56. The number of methoxy groups -OCH3 is 1. The van der Waals surface area contributed by atoms with Gasteiger partial charge in [-0.15, -0.1) is 0 Å². The topological polar surface area (TPSA) is 64.4 Å². The van der Waals surface area contributed by atoms with Crippen LogP contribution >= 0.6 is 11.6 Å². The molecule has 0 aliphatic carbocycles. The van der Waals surface area contributed by atoms with Crippen molar-refractivity contribution in [1.29, 1.82) is 0 Å². The molecular weight excluding hydrogens is 268 g/mol. The number of aryl methyl sites for hydroxylation is 1. The smallest absolute Gasteiger partial charge is 0.341 e. The molecule has 2 heterocycles. The fraction of sp³-hybridized carbons (Fsp3) is 0.231. The summed E-state index contributed by atoms with van der Waals surface area (Å²) >= 11 is 5.69. The average molecular weight is 281 g/mol. The van der Waals surface area contributed by atoms with E-state index < -0.39 is 5.97 Å². The number of nitrogens with one attached hydrogen (secondary N) is 1. The zero-order valence-corrected chi connectivity index (χ0v) is 11.3. The van der Waals surface area contributed by atoms with Gasteiger partial charge in [-0.1, -0.05) is 11.6 Å². The first kappa shape index (κ1) is 13.4. The van der Waals surface area contributed by atoms with Crippen LogP contribution in [0, 0.1) is 6.92 Å². The van der Waals surface area contributed by atoms with Crippen LogP contribution in [-0.4, -0.2) is 18.1 Å². The zero-order valence-electron chi connectivity index (χ0n) is 10.6. The van der Waals surface area contributed by atoms with Crippen LogP contribution in [0.4, 0.5) is 5.69 Å². The van der Waals surface area contributed by atoms with Gasteiger partial charge in [0.05, 0.1) is 25.5 Å². The number of ether oxygens (including phenoxy) is 1. The van der Waals surface area contributed by atoms with Gasteiger partial charge in [0.25, 0.3) is 0 Å². The van der Waals surface area contributed by atoms with Crippen LogP contribution in [-0.2, 0) is 11.3 Å². The van der Waals surface area contributed by atoms with E-state index in [-0.39, 0.29) is 0 Å². The number of hydrogen-bond acceptors (Lipinski definition) is 5. The van der Waals surface area contributed by atoms with E-state index >= 15 is 0 Å². The minimum atomic E-state index is -0.402. The fourth-order valence-electron chi connectivity index (χ4n) is 1.61. The number of pyridine rings is 1. The van der Waals surface area contributed by atoms with Gasteiger partial charge in [-0.2, -0.15) is 0 Å². The molecule has 5 nitrogen and oxygen atoms in total. The molecule has 0 radical (unpaired) electrons. The number of halogens is 1. The van der Waals surface area contributed by atoms with Crippen LogP contribution in [0.2, 0.25) is 5.15 Å². The monoisotopic (exact) mass is 280 g/mol. The van der Waals surface area contributed by atoms with E-state index in [1.807, 2.05) is 6.07 Å². The maximum atomic E-state index is 11.4. The molecule has 1 N–H and O–H groups in total. The maximum Gasteiger partial charge on any atom is 0.341 e. The maximum absolute atomic E-state index is 11.4. The molecule has 6 heteroatoms. The summed E-state index contributed by atoms with van der Waals surface area (Å²) in [5.74, 6) is 0.784. The molecule has 0 aromatic carbocycles. The molecule has 2 aromatic rings. The molecule has 0 saturated carbocycles.